The molecule has 0 aromatic heterocycles. The summed E-state index contributed by atoms with van der Waals surface area (Å²) in [4.78, 5) is 15.9. The van der Waals surface area contributed by atoms with Gasteiger partial charge in [-0.05, 0) is 38.4 Å². The van der Waals surface area contributed by atoms with Crippen molar-refractivity contribution in [2.24, 2.45) is 0 Å². The predicted molar refractivity (Wildman–Crippen MR) is 79.8 cm³/mol. The van der Waals surface area contributed by atoms with Crippen molar-refractivity contribution in [1.29, 1.82) is 0 Å². The normalized spacial score (nSPS) is 15.3. The average Bonchev–Trinajstić information content (AvgIpc) is 2.50. The van der Waals surface area contributed by atoms with Crippen LogP contribution in [0.5, 0.6) is 5.75 Å². The highest BCUT2D eigenvalue weighted by atomic mass is 19.1. The topological polar surface area (TPSA) is 32.8 Å². The minimum atomic E-state index is -0.357. The molecule has 0 radical (unpaired) electrons. The van der Waals surface area contributed by atoms with E-state index >= 15 is 0 Å². The summed E-state index contributed by atoms with van der Waals surface area (Å²) in [7, 11) is 1.88. The van der Waals surface area contributed by atoms with Crippen molar-refractivity contribution in [3.63, 3.8) is 0 Å². The van der Waals surface area contributed by atoms with Crippen LogP contribution in [0.2, 0.25) is 0 Å². The van der Waals surface area contributed by atoms with E-state index in [0.29, 0.717) is 19.7 Å². The van der Waals surface area contributed by atoms with Crippen LogP contribution in [0, 0.1) is 5.82 Å². The minimum absolute atomic E-state index is 0.170. The van der Waals surface area contributed by atoms with Crippen LogP contribution in [0.15, 0.2) is 24.3 Å². The molecule has 0 N–H and O–H groups in total. The molecule has 0 saturated carbocycles. The monoisotopic (exact) mass is 294 g/mol. The first-order chi connectivity index (χ1) is 10.2. The van der Waals surface area contributed by atoms with Crippen LogP contribution < -0.4 is 4.74 Å². The molecule has 5 heteroatoms. The average molecular weight is 294 g/mol. The SMILES string of the molecule is CN(CCOc1ccccc1F)CC(=O)N1CCCCC1. The summed E-state index contributed by atoms with van der Waals surface area (Å²) in [5.74, 6) is 0.0703. The second-order valence-electron chi connectivity index (χ2n) is 5.46. The second-order valence-corrected chi connectivity index (χ2v) is 5.46. The number of para-hydroxylation sites is 1. The largest absolute Gasteiger partial charge is 0.489 e. The maximum absolute atomic E-state index is 13.4. The molecule has 2 rings (SSSR count). The van der Waals surface area contributed by atoms with Gasteiger partial charge in [0.05, 0.1) is 6.54 Å². The highest BCUT2D eigenvalue weighted by Crippen LogP contribution is 2.15. The third-order valence-electron chi connectivity index (χ3n) is 3.68. The van der Waals surface area contributed by atoms with Crippen molar-refractivity contribution in [1.82, 2.24) is 9.80 Å². The highest BCUT2D eigenvalue weighted by molar-refractivity contribution is 5.78. The summed E-state index contributed by atoms with van der Waals surface area (Å²) in [5.41, 5.74) is 0. The number of amides is 1. The van der Waals surface area contributed by atoms with Gasteiger partial charge >= 0.3 is 0 Å². The van der Waals surface area contributed by atoms with E-state index < -0.39 is 0 Å². The molecule has 1 heterocycles. The Bertz CT molecular complexity index is 461. The number of hydrogen-bond donors (Lipinski definition) is 0. The van der Waals surface area contributed by atoms with Gasteiger partial charge in [-0.25, -0.2) is 4.39 Å². The van der Waals surface area contributed by atoms with Gasteiger partial charge in [-0.15, -0.1) is 0 Å². The first-order valence-corrected chi connectivity index (χ1v) is 7.50. The van der Waals surface area contributed by atoms with E-state index in [-0.39, 0.29) is 17.5 Å². The molecule has 0 unspecified atom stereocenters. The van der Waals surface area contributed by atoms with Crippen LogP contribution in [-0.4, -0.2) is 55.5 Å². The number of carbonyl (C=O) groups excluding carboxylic acids is 1. The Kier molecular flexibility index (Phi) is 5.99. The third-order valence-corrected chi connectivity index (χ3v) is 3.68. The van der Waals surface area contributed by atoms with Gasteiger partial charge in [0.15, 0.2) is 11.6 Å². The summed E-state index contributed by atoms with van der Waals surface area (Å²) >= 11 is 0. The fraction of sp³-hybridized carbons (Fsp3) is 0.562. The molecule has 1 aliphatic heterocycles. The molecule has 21 heavy (non-hydrogen) atoms. The lowest BCUT2D eigenvalue weighted by atomic mass is 10.1. The number of rotatable bonds is 6. The van der Waals surface area contributed by atoms with Gasteiger partial charge in [0, 0.05) is 19.6 Å². The summed E-state index contributed by atoms with van der Waals surface area (Å²) in [6.07, 6.45) is 3.42. The standard InChI is InChI=1S/C16H23FN2O2/c1-18(13-16(20)19-9-5-2-6-10-19)11-12-21-15-8-4-3-7-14(15)17/h3-4,7-8H,2,5-6,9-13H2,1H3. The van der Waals surface area contributed by atoms with E-state index in [0.717, 1.165) is 25.9 Å². The second kappa shape index (κ2) is 7.98. The van der Waals surface area contributed by atoms with Crippen molar-refractivity contribution in [3.05, 3.63) is 30.1 Å². The number of hydrogen-bond acceptors (Lipinski definition) is 3. The van der Waals surface area contributed by atoms with Crippen LogP contribution in [0.4, 0.5) is 4.39 Å². The molecule has 4 nitrogen and oxygen atoms in total. The minimum Gasteiger partial charge on any atom is -0.489 e. The fourth-order valence-corrected chi connectivity index (χ4v) is 2.43. The van der Waals surface area contributed by atoms with E-state index in [9.17, 15) is 9.18 Å². The molecule has 0 aliphatic carbocycles. The lowest BCUT2D eigenvalue weighted by Crippen LogP contribution is -2.42. The van der Waals surface area contributed by atoms with Crippen LogP contribution in [0.3, 0.4) is 0 Å². The lowest BCUT2D eigenvalue weighted by molar-refractivity contribution is -0.133. The molecule has 1 saturated heterocycles. The Morgan fingerprint density at radius 1 is 1.29 bits per heavy atom. The first-order valence-electron chi connectivity index (χ1n) is 7.50. The van der Waals surface area contributed by atoms with Gasteiger partial charge in [-0.3, -0.25) is 9.69 Å². The van der Waals surface area contributed by atoms with Gasteiger partial charge in [0.25, 0.3) is 0 Å². The molecule has 0 atom stereocenters. The first kappa shape index (κ1) is 15.8. The summed E-state index contributed by atoms with van der Waals surface area (Å²) in [6, 6.07) is 6.35. The molecular formula is C16H23FN2O2. The quantitative estimate of drug-likeness (QED) is 0.806. The number of halogens is 1. The molecule has 0 spiro atoms. The van der Waals surface area contributed by atoms with E-state index in [1.54, 1.807) is 18.2 Å². The van der Waals surface area contributed by atoms with Crippen LogP contribution >= 0.6 is 0 Å². The van der Waals surface area contributed by atoms with E-state index in [2.05, 4.69) is 0 Å². The van der Waals surface area contributed by atoms with Crippen LogP contribution in [0.1, 0.15) is 19.3 Å². The van der Waals surface area contributed by atoms with Crippen molar-refractivity contribution < 1.29 is 13.9 Å². The van der Waals surface area contributed by atoms with E-state index in [4.69, 9.17) is 4.74 Å². The highest BCUT2D eigenvalue weighted by Gasteiger charge is 2.17. The van der Waals surface area contributed by atoms with E-state index in [1.165, 1.54) is 12.5 Å². The number of likely N-dealkylation sites (tertiary alicyclic amines) is 1. The molecule has 1 aromatic carbocycles. The van der Waals surface area contributed by atoms with Crippen molar-refractivity contribution >= 4 is 5.91 Å². The molecule has 1 aliphatic rings. The van der Waals surface area contributed by atoms with Gasteiger partial charge in [0.2, 0.25) is 5.91 Å². The van der Waals surface area contributed by atoms with Crippen molar-refractivity contribution in [2.45, 2.75) is 19.3 Å². The molecule has 1 fully saturated rings. The summed E-state index contributed by atoms with van der Waals surface area (Å²) < 4.78 is 18.8. The number of ether oxygens (including phenoxy) is 1. The molecule has 1 aromatic rings. The summed E-state index contributed by atoms with van der Waals surface area (Å²) in [5, 5.41) is 0. The number of piperidine rings is 1. The molecule has 0 bridgehead atoms. The van der Waals surface area contributed by atoms with E-state index in [1.807, 2.05) is 16.8 Å². The lowest BCUT2D eigenvalue weighted by Gasteiger charge is -2.28. The Hall–Kier alpha value is -1.62. The Balaban J connectivity index is 1.68. The third kappa shape index (κ3) is 5.01. The predicted octanol–water partition coefficient (Wildman–Crippen LogP) is 2.15. The Labute approximate surface area is 125 Å². The maximum Gasteiger partial charge on any atom is 0.236 e. The molecule has 116 valence electrons. The molecular weight excluding hydrogens is 271 g/mol. The van der Waals surface area contributed by atoms with Crippen molar-refractivity contribution in [3.8, 4) is 5.75 Å². The maximum atomic E-state index is 13.4. The van der Waals surface area contributed by atoms with Gasteiger partial charge in [0.1, 0.15) is 6.61 Å². The van der Waals surface area contributed by atoms with Crippen LogP contribution in [0.25, 0.3) is 0 Å². The van der Waals surface area contributed by atoms with Gasteiger partial charge < -0.3 is 9.64 Å². The Morgan fingerprint density at radius 3 is 2.71 bits per heavy atom. The number of nitrogens with zero attached hydrogens (tertiary/aromatic N) is 2. The number of benzene rings is 1. The summed E-state index contributed by atoms with van der Waals surface area (Å²) in [6.45, 7) is 3.09. The number of likely N-dealkylation sites (N-methyl/N-ethyl adjacent to an activating group) is 1. The zero-order valence-corrected chi connectivity index (χ0v) is 12.6. The zero-order chi connectivity index (χ0) is 15.1. The van der Waals surface area contributed by atoms with Crippen LogP contribution in [-0.2, 0) is 4.79 Å². The molecule has 1 amide bonds. The zero-order valence-electron chi connectivity index (χ0n) is 12.6. The smallest absolute Gasteiger partial charge is 0.236 e. The van der Waals surface area contributed by atoms with Crippen molar-refractivity contribution in [2.75, 3.05) is 39.8 Å². The van der Waals surface area contributed by atoms with Gasteiger partial charge in [-0.1, -0.05) is 12.1 Å². The van der Waals surface area contributed by atoms with Gasteiger partial charge in [-0.2, -0.15) is 0 Å². The fourth-order valence-electron chi connectivity index (χ4n) is 2.43. The Morgan fingerprint density at radius 2 is 2.00 bits per heavy atom. The number of carbonyl (C=O) groups is 1.